The van der Waals surface area contributed by atoms with E-state index in [9.17, 15) is 26.9 Å². The minimum absolute atomic E-state index is 0.0959. The number of nitro groups is 1. The molecule has 3 aromatic rings. The highest BCUT2D eigenvalue weighted by Crippen LogP contribution is 2.32. The Labute approximate surface area is 190 Å². The molecule has 0 radical (unpaired) electrons. The first-order valence-corrected chi connectivity index (χ1v) is 12.9. The quantitative estimate of drug-likeness (QED) is 0.417. The molecule has 11 nitrogen and oxygen atoms in total. The Hall–Kier alpha value is -3.13. The fraction of sp³-hybridized carbons (Fsp3) is 0.250. The number of para-hydroxylation sites is 1. The summed E-state index contributed by atoms with van der Waals surface area (Å²) in [5.41, 5.74) is 1.10. The van der Waals surface area contributed by atoms with Crippen LogP contribution < -0.4 is 10.0 Å². The molecule has 13 heteroatoms. The number of sulfonamides is 2. The summed E-state index contributed by atoms with van der Waals surface area (Å²) in [4.78, 5) is 16.6. The molecule has 2 aromatic carbocycles. The van der Waals surface area contributed by atoms with Crippen LogP contribution in [0.15, 0.2) is 58.5 Å². The van der Waals surface area contributed by atoms with Gasteiger partial charge >= 0.3 is 0 Å². The monoisotopic (exact) mass is 491 g/mol. The fourth-order valence-electron chi connectivity index (χ4n) is 3.85. The van der Waals surface area contributed by atoms with Crippen LogP contribution in [0.3, 0.4) is 0 Å². The predicted octanol–water partition coefficient (Wildman–Crippen LogP) is 1.61. The molecule has 0 spiro atoms. The number of rotatable bonds is 5. The zero-order chi connectivity index (χ0) is 24.0. The van der Waals surface area contributed by atoms with E-state index in [4.69, 9.17) is 5.14 Å². The van der Waals surface area contributed by atoms with Crippen molar-refractivity contribution in [3.8, 4) is 0 Å². The van der Waals surface area contributed by atoms with E-state index >= 15 is 0 Å². The van der Waals surface area contributed by atoms with Crippen LogP contribution >= 0.6 is 0 Å². The number of aryl methyl sites for hydroxylation is 1. The molecule has 0 unspecified atom stereocenters. The summed E-state index contributed by atoms with van der Waals surface area (Å²) in [5.74, 6) is 0. The Balaban J connectivity index is 1.60. The Kier molecular flexibility index (Phi) is 5.82. The molecular weight excluding hydrogens is 470 g/mol. The standard InChI is InChI=1S/C20H21N5O6S2/c1-14-11-15-3-2-4-19(20(15)22-13-14)33(30,31)24-9-7-23(8-10-24)17-6-5-16(32(21,28)29)12-18(17)25(26)27/h2-6,11-13H,7-10H2,1H3,(H2,21,28,29). The summed E-state index contributed by atoms with van der Waals surface area (Å²) in [5, 5.41) is 17.3. The van der Waals surface area contributed by atoms with Crippen molar-refractivity contribution in [3.63, 3.8) is 0 Å². The van der Waals surface area contributed by atoms with Crippen molar-refractivity contribution in [1.82, 2.24) is 9.29 Å². The number of nitrogens with zero attached hydrogens (tertiary/aromatic N) is 4. The lowest BCUT2D eigenvalue weighted by molar-refractivity contribution is -0.384. The Morgan fingerprint density at radius 1 is 1.03 bits per heavy atom. The van der Waals surface area contributed by atoms with Gasteiger partial charge < -0.3 is 4.90 Å². The van der Waals surface area contributed by atoms with Gasteiger partial charge in [0, 0.05) is 43.8 Å². The van der Waals surface area contributed by atoms with E-state index in [1.165, 1.54) is 22.5 Å². The molecule has 0 saturated carbocycles. The van der Waals surface area contributed by atoms with Gasteiger partial charge in [0.2, 0.25) is 20.0 Å². The van der Waals surface area contributed by atoms with Crippen LogP contribution in [0.2, 0.25) is 0 Å². The highest BCUT2D eigenvalue weighted by Gasteiger charge is 2.32. The van der Waals surface area contributed by atoms with E-state index in [0.717, 1.165) is 17.0 Å². The molecule has 0 bridgehead atoms. The summed E-state index contributed by atoms with van der Waals surface area (Å²) in [6.07, 6.45) is 1.61. The van der Waals surface area contributed by atoms with Gasteiger partial charge in [-0.1, -0.05) is 12.1 Å². The average Bonchev–Trinajstić information content (AvgIpc) is 2.77. The topological polar surface area (TPSA) is 157 Å². The zero-order valence-corrected chi connectivity index (χ0v) is 19.2. The van der Waals surface area contributed by atoms with Gasteiger partial charge in [-0.15, -0.1) is 0 Å². The van der Waals surface area contributed by atoms with Gasteiger partial charge in [0.25, 0.3) is 5.69 Å². The van der Waals surface area contributed by atoms with E-state index in [1.54, 1.807) is 23.2 Å². The lowest BCUT2D eigenvalue weighted by Crippen LogP contribution is -2.48. The first-order chi connectivity index (χ1) is 15.5. The maximum absolute atomic E-state index is 13.3. The van der Waals surface area contributed by atoms with Crippen molar-refractivity contribution in [1.29, 1.82) is 0 Å². The number of nitro benzene ring substituents is 1. The third kappa shape index (κ3) is 4.39. The van der Waals surface area contributed by atoms with Crippen molar-refractivity contribution < 1.29 is 21.8 Å². The Morgan fingerprint density at radius 3 is 2.36 bits per heavy atom. The lowest BCUT2D eigenvalue weighted by Gasteiger charge is -2.35. The summed E-state index contributed by atoms with van der Waals surface area (Å²) < 4.78 is 51.1. The minimum Gasteiger partial charge on any atom is -0.363 e. The number of pyridine rings is 1. The molecule has 1 aliphatic heterocycles. The molecule has 1 aromatic heterocycles. The van der Waals surface area contributed by atoms with E-state index < -0.39 is 30.7 Å². The van der Waals surface area contributed by atoms with Gasteiger partial charge in [-0.3, -0.25) is 15.1 Å². The summed E-state index contributed by atoms with van der Waals surface area (Å²) in [7, 11) is -7.95. The molecule has 0 amide bonds. The van der Waals surface area contributed by atoms with Crippen LogP contribution in [-0.4, -0.2) is 57.2 Å². The summed E-state index contributed by atoms with van der Waals surface area (Å²) in [6.45, 7) is 2.44. The predicted molar refractivity (Wildman–Crippen MR) is 122 cm³/mol. The highest BCUT2D eigenvalue weighted by molar-refractivity contribution is 7.89. The highest BCUT2D eigenvalue weighted by atomic mass is 32.2. The molecule has 1 aliphatic rings. The number of fused-ring (bicyclic) bond motifs is 1. The molecule has 1 saturated heterocycles. The summed E-state index contributed by atoms with van der Waals surface area (Å²) in [6, 6.07) is 10.3. The Morgan fingerprint density at radius 2 is 1.73 bits per heavy atom. The number of primary sulfonamides is 1. The van der Waals surface area contributed by atoms with Crippen molar-refractivity contribution in [2.45, 2.75) is 16.7 Å². The molecule has 0 aliphatic carbocycles. The van der Waals surface area contributed by atoms with Gasteiger partial charge in [-0.05, 0) is 36.8 Å². The van der Waals surface area contributed by atoms with E-state index in [1.807, 2.05) is 13.0 Å². The smallest absolute Gasteiger partial charge is 0.293 e. The van der Waals surface area contributed by atoms with Crippen LogP contribution in [0.25, 0.3) is 10.9 Å². The molecule has 4 rings (SSSR count). The van der Waals surface area contributed by atoms with Gasteiger partial charge in [0.1, 0.15) is 10.6 Å². The van der Waals surface area contributed by atoms with Crippen molar-refractivity contribution in [2.75, 3.05) is 31.1 Å². The number of aromatic nitrogens is 1. The van der Waals surface area contributed by atoms with E-state index in [2.05, 4.69) is 4.98 Å². The van der Waals surface area contributed by atoms with Crippen molar-refractivity contribution >= 4 is 42.3 Å². The first-order valence-electron chi connectivity index (χ1n) is 9.90. The van der Waals surface area contributed by atoms with Crippen molar-refractivity contribution in [3.05, 3.63) is 64.3 Å². The number of anilines is 1. The number of hydrogen-bond donors (Lipinski definition) is 1. The number of piperazine rings is 1. The van der Waals surface area contributed by atoms with Gasteiger partial charge in [0.15, 0.2) is 0 Å². The normalized spacial score (nSPS) is 15.6. The molecule has 33 heavy (non-hydrogen) atoms. The van der Waals surface area contributed by atoms with Gasteiger partial charge in [-0.25, -0.2) is 22.0 Å². The van der Waals surface area contributed by atoms with Crippen LogP contribution in [0.4, 0.5) is 11.4 Å². The lowest BCUT2D eigenvalue weighted by atomic mass is 10.2. The fourth-order valence-corrected chi connectivity index (χ4v) is 5.97. The third-order valence-corrected chi connectivity index (χ3v) is 8.32. The summed E-state index contributed by atoms with van der Waals surface area (Å²) >= 11 is 0. The van der Waals surface area contributed by atoms with Crippen LogP contribution in [-0.2, 0) is 20.0 Å². The number of nitrogens with two attached hydrogens (primary N) is 1. The molecule has 2 heterocycles. The van der Waals surface area contributed by atoms with Crippen LogP contribution in [0.5, 0.6) is 0 Å². The van der Waals surface area contributed by atoms with Crippen molar-refractivity contribution in [2.24, 2.45) is 5.14 Å². The largest absolute Gasteiger partial charge is 0.363 e. The first kappa shape index (κ1) is 23.0. The van der Waals surface area contributed by atoms with Gasteiger partial charge in [0.05, 0.1) is 15.3 Å². The number of hydrogen-bond acceptors (Lipinski definition) is 8. The molecule has 2 N–H and O–H groups in total. The molecule has 174 valence electrons. The minimum atomic E-state index is -4.10. The zero-order valence-electron chi connectivity index (χ0n) is 17.6. The van der Waals surface area contributed by atoms with E-state index in [0.29, 0.717) is 5.52 Å². The molecule has 1 fully saturated rings. The average molecular weight is 492 g/mol. The third-order valence-electron chi connectivity index (χ3n) is 5.48. The second-order valence-corrected chi connectivity index (χ2v) is 11.2. The van der Waals surface area contributed by atoms with Crippen LogP contribution in [0.1, 0.15) is 5.56 Å². The SMILES string of the molecule is Cc1cnc2c(S(=O)(=O)N3CCN(c4ccc(S(N)(=O)=O)cc4[N+](=O)[O-])CC3)cccc2c1. The van der Waals surface area contributed by atoms with Gasteiger partial charge in [-0.2, -0.15) is 4.31 Å². The maximum Gasteiger partial charge on any atom is 0.293 e. The maximum atomic E-state index is 13.3. The number of benzene rings is 2. The molecule has 0 atom stereocenters. The molecular formula is C20H21N5O6S2. The second-order valence-electron chi connectivity index (χ2n) is 7.68. The Bertz CT molecular complexity index is 1470. The second kappa shape index (κ2) is 8.33. The van der Waals surface area contributed by atoms with Crippen LogP contribution in [0, 0.1) is 17.0 Å². The van der Waals surface area contributed by atoms with E-state index in [-0.39, 0.29) is 41.7 Å².